The van der Waals surface area contributed by atoms with E-state index in [1.54, 1.807) is 38.1 Å². The molecule has 2 amide bonds. The summed E-state index contributed by atoms with van der Waals surface area (Å²) in [6.45, 7) is 13.2. The summed E-state index contributed by atoms with van der Waals surface area (Å²) in [4.78, 5) is 24.2. The van der Waals surface area contributed by atoms with E-state index in [0.717, 1.165) is 31.1 Å². The Labute approximate surface area is 266 Å². The summed E-state index contributed by atoms with van der Waals surface area (Å²) in [5.41, 5.74) is 12.2. The van der Waals surface area contributed by atoms with Crippen LogP contribution in [0.3, 0.4) is 0 Å². The van der Waals surface area contributed by atoms with Crippen LogP contribution in [-0.4, -0.2) is 46.2 Å². The number of rotatable bonds is 12. The van der Waals surface area contributed by atoms with Crippen LogP contribution >= 0.6 is 45.2 Å². The van der Waals surface area contributed by atoms with E-state index in [0.29, 0.717) is 37.8 Å². The summed E-state index contributed by atoms with van der Waals surface area (Å²) in [6.07, 6.45) is 2.77. The van der Waals surface area contributed by atoms with E-state index in [1.807, 2.05) is 12.1 Å². The highest BCUT2D eigenvalue weighted by Gasteiger charge is 2.29. The second kappa shape index (κ2) is 16.7. The van der Waals surface area contributed by atoms with Crippen LogP contribution in [0.4, 0.5) is 0 Å². The van der Waals surface area contributed by atoms with Gasteiger partial charge in [0, 0.05) is 13.1 Å². The van der Waals surface area contributed by atoms with Crippen molar-refractivity contribution in [1.29, 1.82) is 0 Å². The van der Waals surface area contributed by atoms with Crippen LogP contribution in [0.5, 0.6) is 11.5 Å². The maximum Gasteiger partial charge on any atom is 0.240 e. The van der Waals surface area contributed by atoms with E-state index >= 15 is 0 Å². The monoisotopic (exact) mass is 780 g/mol. The highest BCUT2D eigenvalue weighted by Crippen LogP contribution is 2.28. The van der Waals surface area contributed by atoms with Crippen LogP contribution in [0.25, 0.3) is 0 Å². The summed E-state index contributed by atoms with van der Waals surface area (Å²) >= 11 is 4.16. The van der Waals surface area contributed by atoms with Crippen LogP contribution in [-0.2, 0) is 22.4 Å². The van der Waals surface area contributed by atoms with Gasteiger partial charge in [-0.2, -0.15) is 0 Å². The van der Waals surface area contributed by atoms with Gasteiger partial charge in [0.05, 0.1) is 18.2 Å². The van der Waals surface area contributed by atoms with Gasteiger partial charge in [0.1, 0.15) is 11.5 Å². The molecule has 0 aliphatic carbocycles. The first-order valence-corrected chi connectivity index (χ1v) is 15.7. The Kier molecular flexibility index (Phi) is 15.2. The van der Waals surface area contributed by atoms with Crippen molar-refractivity contribution < 1.29 is 19.8 Å². The van der Waals surface area contributed by atoms with E-state index in [-0.39, 0.29) is 23.3 Å². The van der Waals surface area contributed by atoms with E-state index in [9.17, 15) is 19.8 Å². The zero-order valence-electron chi connectivity index (χ0n) is 24.5. The van der Waals surface area contributed by atoms with Gasteiger partial charge in [0.2, 0.25) is 11.8 Å². The molecule has 0 aromatic heterocycles. The predicted octanol–water partition coefficient (Wildman–Crippen LogP) is 4.84. The van der Waals surface area contributed by atoms with Gasteiger partial charge in [0.15, 0.2) is 0 Å². The molecule has 0 aliphatic heterocycles. The van der Waals surface area contributed by atoms with Gasteiger partial charge in [-0.05, 0) is 132 Å². The third kappa shape index (κ3) is 13.3. The molecule has 8 N–H and O–H groups in total. The number of amides is 2. The first-order chi connectivity index (χ1) is 18.4. The Bertz CT molecular complexity index is 1080. The molecule has 0 aliphatic rings. The SMILES string of the molecule is CC(C)CCNC(=O)[C@@](C)(N)Cc1cc(I)c(O)c(I)c1.CC(C)CCNC(=O)[C@@](C)(N)Cc1ccc(O)cc1. The summed E-state index contributed by atoms with van der Waals surface area (Å²) in [5.74, 6) is 1.32. The number of aromatic hydroxyl groups is 2. The smallest absolute Gasteiger partial charge is 0.240 e. The molecule has 8 nitrogen and oxygen atoms in total. The highest BCUT2D eigenvalue weighted by atomic mass is 127. The standard InChI is InChI=1S/C15H22I2N2O2.C15H24N2O2/c1-9(2)4-5-19-14(21)15(3,18)8-10-6-11(16)13(20)12(17)7-10;1-11(2)8-9-17-14(19)15(3,16)10-12-4-6-13(18)7-5-12/h6-7,9,20H,4-5,8,18H2,1-3H3,(H,19,21);4-7,11,18H,8-10,16H2,1-3H3,(H,17,19)/t2*15-/m00/s1. The van der Waals surface area contributed by atoms with Crippen molar-refractivity contribution in [3.05, 3.63) is 54.7 Å². The molecule has 0 saturated carbocycles. The molecule has 40 heavy (non-hydrogen) atoms. The number of nitrogens with one attached hydrogen (secondary N) is 2. The van der Waals surface area contributed by atoms with E-state index in [1.165, 1.54) is 0 Å². The Morgan fingerprint density at radius 2 is 1.15 bits per heavy atom. The second-order valence-corrected chi connectivity index (χ2v) is 14.0. The number of phenols is 2. The zero-order valence-corrected chi connectivity index (χ0v) is 28.8. The maximum absolute atomic E-state index is 12.2. The quantitative estimate of drug-likeness (QED) is 0.170. The van der Waals surface area contributed by atoms with Crippen molar-refractivity contribution >= 4 is 57.0 Å². The predicted molar refractivity (Wildman–Crippen MR) is 179 cm³/mol. The minimum Gasteiger partial charge on any atom is -0.508 e. The largest absolute Gasteiger partial charge is 0.508 e. The van der Waals surface area contributed by atoms with Gasteiger partial charge in [0.25, 0.3) is 0 Å². The van der Waals surface area contributed by atoms with Crippen molar-refractivity contribution in [3.63, 3.8) is 0 Å². The van der Waals surface area contributed by atoms with Crippen molar-refractivity contribution in [2.24, 2.45) is 23.3 Å². The highest BCUT2D eigenvalue weighted by molar-refractivity contribution is 14.1. The minimum absolute atomic E-state index is 0.138. The zero-order chi connectivity index (χ0) is 30.7. The lowest BCUT2D eigenvalue weighted by atomic mass is 9.93. The average Bonchev–Trinajstić information content (AvgIpc) is 2.83. The van der Waals surface area contributed by atoms with Crippen LogP contribution in [0.2, 0.25) is 0 Å². The number of nitrogens with two attached hydrogens (primary N) is 2. The molecule has 10 heteroatoms. The lowest BCUT2D eigenvalue weighted by Crippen LogP contribution is -2.53. The number of phenolic OH excluding ortho intramolecular Hbond substituents is 2. The fraction of sp³-hybridized carbons (Fsp3) is 0.533. The second-order valence-electron chi connectivity index (χ2n) is 11.6. The molecule has 0 spiro atoms. The molecular weight excluding hydrogens is 734 g/mol. The summed E-state index contributed by atoms with van der Waals surface area (Å²) < 4.78 is 1.54. The number of hydrogen-bond acceptors (Lipinski definition) is 6. The Morgan fingerprint density at radius 3 is 1.52 bits per heavy atom. The molecule has 0 unspecified atom stereocenters. The molecule has 2 aromatic rings. The van der Waals surface area contributed by atoms with Gasteiger partial charge >= 0.3 is 0 Å². The number of carbonyl (C=O) groups is 2. The number of benzene rings is 2. The topological polar surface area (TPSA) is 151 Å². The molecule has 0 saturated heterocycles. The third-order valence-corrected chi connectivity index (χ3v) is 7.85. The molecule has 224 valence electrons. The van der Waals surface area contributed by atoms with Gasteiger partial charge in [-0.25, -0.2) is 0 Å². The van der Waals surface area contributed by atoms with Crippen molar-refractivity contribution in [3.8, 4) is 11.5 Å². The first-order valence-electron chi connectivity index (χ1n) is 13.5. The molecule has 0 radical (unpaired) electrons. The number of carbonyl (C=O) groups excluding carboxylic acids is 2. The van der Waals surface area contributed by atoms with Crippen LogP contribution < -0.4 is 22.1 Å². The summed E-state index contributed by atoms with van der Waals surface area (Å²) in [6, 6.07) is 10.5. The molecule has 2 aromatic carbocycles. The maximum atomic E-state index is 12.2. The average molecular weight is 781 g/mol. The summed E-state index contributed by atoms with van der Waals surface area (Å²) in [5, 5.41) is 24.8. The molecule has 2 rings (SSSR count). The Morgan fingerprint density at radius 1 is 0.775 bits per heavy atom. The molecule has 2 atom stereocenters. The molecule has 0 fully saturated rings. The fourth-order valence-corrected chi connectivity index (χ4v) is 5.59. The molecule has 0 heterocycles. The minimum atomic E-state index is -0.958. The van der Waals surface area contributed by atoms with Crippen molar-refractivity contribution in [2.75, 3.05) is 13.1 Å². The Balaban J connectivity index is 0.000000402. The van der Waals surface area contributed by atoms with E-state index < -0.39 is 11.1 Å². The molecular formula is C30H46I2N4O4. The van der Waals surface area contributed by atoms with Gasteiger partial charge in [-0.15, -0.1) is 0 Å². The van der Waals surface area contributed by atoms with Crippen molar-refractivity contribution in [2.45, 2.75) is 78.3 Å². The van der Waals surface area contributed by atoms with Crippen LogP contribution in [0.1, 0.15) is 65.5 Å². The lowest BCUT2D eigenvalue weighted by molar-refractivity contribution is -0.126. The Hall–Kier alpha value is -1.64. The fourth-order valence-electron chi connectivity index (χ4n) is 3.70. The van der Waals surface area contributed by atoms with Crippen LogP contribution in [0, 0.1) is 19.0 Å². The third-order valence-electron chi connectivity index (χ3n) is 6.21. The van der Waals surface area contributed by atoms with Gasteiger partial charge < -0.3 is 32.3 Å². The van der Waals surface area contributed by atoms with E-state index in [4.69, 9.17) is 11.5 Å². The van der Waals surface area contributed by atoms with Gasteiger partial charge in [-0.3, -0.25) is 9.59 Å². The van der Waals surface area contributed by atoms with E-state index in [2.05, 4.69) is 83.5 Å². The molecule has 0 bridgehead atoms. The van der Waals surface area contributed by atoms with Crippen molar-refractivity contribution in [1.82, 2.24) is 10.6 Å². The first kappa shape index (κ1) is 36.4. The number of halogens is 2. The lowest BCUT2D eigenvalue weighted by Gasteiger charge is -2.24. The van der Waals surface area contributed by atoms with Gasteiger partial charge in [-0.1, -0.05) is 39.8 Å². The number of hydrogen-bond donors (Lipinski definition) is 6. The normalized spacial score (nSPS) is 14.1. The summed E-state index contributed by atoms with van der Waals surface area (Å²) in [7, 11) is 0. The van der Waals surface area contributed by atoms with Crippen LogP contribution in [0.15, 0.2) is 36.4 Å².